The largest absolute Gasteiger partial charge is 0.330 e. The van der Waals surface area contributed by atoms with E-state index in [-0.39, 0.29) is 30.0 Å². The first-order valence-corrected chi connectivity index (χ1v) is 6.91. The molecule has 2 amide bonds. The molecule has 4 N–H and O–H groups in total. The number of halogens is 1. The highest BCUT2D eigenvalue weighted by atomic mass is 19.1. The van der Waals surface area contributed by atoms with Crippen LogP contribution in [0.15, 0.2) is 18.2 Å². The van der Waals surface area contributed by atoms with E-state index in [2.05, 4.69) is 10.6 Å². The molecule has 0 bridgehead atoms. The molecule has 21 heavy (non-hydrogen) atoms. The van der Waals surface area contributed by atoms with E-state index in [0.717, 1.165) is 0 Å². The monoisotopic (exact) mass is 295 g/mol. The summed E-state index contributed by atoms with van der Waals surface area (Å²) in [5.41, 5.74) is 6.08. The molecular weight excluding hydrogens is 273 g/mol. The van der Waals surface area contributed by atoms with E-state index in [4.69, 9.17) is 5.73 Å². The van der Waals surface area contributed by atoms with Gasteiger partial charge in [0.1, 0.15) is 5.82 Å². The molecule has 0 aliphatic rings. The maximum absolute atomic E-state index is 13.5. The van der Waals surface area contributed by atoms with E-state index < -0.39 is 5.82 Å². The highest BCUT2D eigenvalue weighted by Gasteiger charge is 2.18. The second-order valence-electron chi connectivity index (χ2n) is 5.43. The molecule has 0 aliphatic carbocycles. The third-order valence-corrected chi connectivity index (χ3v) is 2.96. The number of hydrogen-bond acceptors (Lipinski definition) is 3. The fourth-order valence-corrected chi connectivity index (χ4v) is 2.01. The summed E-state index contributed by atoms with van der Waals surface area (Å²) in [6, 6.07) is 4.03. The molecule has 0 heterocycles. The van der Waals surface area contributed by atoms with Gasteiger partial charge in [-0.25, -0.2) is 4.39 Å². The third kappa shape index (κ3) is 5.51. The van der Waals surface area contributed by atoms with Gasteiger partial charge in [-0.05, 0) is 30.5 Å². The number of amides is 2. The molecule has 1 unspecified atom stereocenters. The van der Waals surface area contributed by atoms with Crippen LogP contribution in [0.1, 0.15) is 27.2 Å². The van der Waals surface area contributed by atoms with Crippen molar-refractivity contribution in [2.24, 2.45) is 17.6 Å². The van der Waals surface area contributed by atoms with Crippen molar-refractivity contribution in [3.63, 3.8) is 0 Å². The average molecular weight is 295 g/mol. The normalized spacial score (nSPS) is 12.1. The summed E-state index contributed by atoms with van der Waals surface area (Å²) in [4.78, 5) is 23.1. The predicted octanol–water partition coefficient (Wildman–Crippen LogP) is 2.34. The van der Waals surface area contributed by atoms with Crippen molar-refractivity contribution in [1.82, 2.24) is 0 Å². The number of nitrogens with two attached hydrogens (primary N) is 1. The van der Waals surface area contributed by atoms with Crippen LogP contribution in [0.5, 0.6) is 0 Å². The maximum Gasteiger partial charge on any atom is 0.228 e. The second-order valence-corrected chi connectivity index (χ2v) is 5.43. The number of carbonyl (C=O) groups excluding carboxylic acids is 2. The van der Waals surface area contributed by atoms with Crippen LogP contribution in [-0.4, -0.2) is 18.4 Å². The molecule has 0 saturated carbocycles. The van der Waals surface area contributed by atoms with E-state index >= 15 is 0 Å². The van der Waals surface area contributed by atoms with Crippen molar-refractivity contribution in [3.8, 4) is 0 Å². The Kier molecular flexibility index (Phi) is 6.30. The van der Waals surface area contributed by atoms with Gasteiger partial charge in [0, 0.05) is 19.2 Å². The van der Waals surface area contributed by atoms with Gasteiger partial charge < -0.3 is 16.4 Å². The number of carbonyl (C=O) groups is 2. The second kappa shape index (κ2) is 7.73. The summed E-state index contributed by atoms with van der Waals surface area (Å²) in [6.07, 6.45) is 0.683. The van der Waals surface area contributed by atoms with Crippen molar-refractivity contribution in [2.45, 2.75) is 27.2 Å². The maximum atomic E-state index is 13.5. The van der Waals surface area contributed by atoms with Gasteiger partial charge in [-0.3, -0.25) is 9.59 Å². The molecule has 0 saturated heterocycles. The zero-order chi connectivity index (χ0) is 16.0. The smallest absolute Gasteiger partial charge is 0.228 e. The third-order valence-electron chi connectivity index (χ3n) is 2.96. The van der Waals surface area contributed by atoms with Crippen LogP contribution < -0.4 is 16.4 Å². The molecule has 1 atom stereocenters. The molecule has 1 rings (SSSR count). The van der Waals surface area contributed by atoms with Crippen molar-refractivity contribution in [3.05, 3.63) is 24.0 Å². The van der Waals surface area contributed by atoms with Gasteiger partial charge >= 0.3 is 0 Å². The summed E-state index contributed by atoms with van der Waals surface area (Å²) in [7, 11) is 0. The average Bonchev–Trinajstić information content (AvgIpc) is 2.39. The first-order chi connectivity index (χ1) is 9.83. The van der Waals surface area contributed by atoms with Gasteiger partial charge in [-0.2, -0.15) is 0 Å². The molecule has 5 nitrogen and oxygen atoms in total. The van der Waals surface area contributed by atoms with Crippen LogP contribution in [-0.2, 0) is 9.59 Å². The molecule has 0 aliphatic heterocycles. The Balaban J connectivity index is 2.82. The Labute approximate surface area is 124 Å². The first-order valence-electron chi connectivity index (χ1n) is 6.91. The molecule has 6 heteroatoms. The van der Waals surface area contributed by atoms with Crippen LogP contribution in [0.25, 0.3) is 0 Å². The van der Waals surface area contributed by atoms with Crippen LogP contribution in [0, 0.1) is 17.7 Å². The van der Waals surface area contributed by atoms with Crippen LogP contribution >= 0.6 is 0 Å². The lowest BCUT2D eigenvalue weighted by atomic mass is 9.96. The summed E-state index contributed by atoms with van der Waals surface area (Å²) < 4.78 is 13.5. The van der Waals surface area contributed by atoms with Gasteiger partial charge in [0.05, 0.1) is 11.6 Å². The van der Waals surface area contributed by atoms with Crippen molar-refractivity contribution >= 4 is 23.2 Å². The minimum absolute atomic E-state index is 0.0356. The van der Waals surface area contributed by atoms with Crippen molar-refractivity contribution in [1.29, 1.82) is 0 Å². The van der Waals surface area contributed by atoms with Gasteiger partial charge in [-0.15, -0.1) is 0 Å². The Morgan fingerprint density at radius 3 is 2.48 bits per heavy atom. The number of anilines is 2. The number of hydrogen-bond donors (Lipinski definition) is 3. The summed E-state index contributed by atoms with van der Waals surface area (Å²) in [5.74, 6) is -1.07. The SMILES string of the molecule is CC(=O)Nc1cc(NC(=O)C(CN)CC(C)C)ccc1F. The van der Waals surface area contributed by atoms with Gasteiger partial charge in [0.2, 0.25) is 11.8 Å². The van der Waals surface area contributed by atoms with Gasteiger partial charge in [-0.1, -0.05) is 13.8 Å². The Bertz CT molecular complexity index is 518. The Morgan fingerprint density at radius 2 is 1.95 bits per heavy atom. The first kappa shape index (κ1) is 17.1. The zero-order valence-electron chi connectivity index (χ0n) is 12.6. The highest BCUT2D eigenvalue weighted by molar-refractivity contribution is 5.94. The zero-order valence-corrected chi connectivity index (χ0v) is 12.6. The van der Waals surface area contributed by atoms with Crippen molar-refractivity contribution < 1.29 is 14.0 Å². The number of rotatable bonds is 6. The van der Waals surface area contributed by atoms with Gasteiger partial charge in [0.15, 0.2) is 0 Å². The lowest BCUT2D eigenvalue weighted by Gasteiger charge is -2.17. The van der Waals surface area contributed by atoms with Crippen LogP contribution in [0.3, 0.4) is 0 Å². The fourth-order valence-electron chi connectivity index (χ4n) is 2.01. The molecule has 0 aromatic heterocycles. The lowest BCUT2D eigenvalue weighted by molar-refractivity contribution is -0.120. The van der Waals surface area contributed by atoms with Crippen molar-refractivity contribution in [2.75, 3.05) is 17.2 Å². The van der Waals surface area contributed by atoms with Gasteiger partial charge in [0.25, 0.3) is 0 Å². The van der Waals surface area contributed by atoms with Crippen LogP contribution in [0.2, 0.25) is 0 Å². The van der Waals surface area contributed by atoms with E-state index in [1.807, 2.05) is 13.8 Å². The predicted molar refractivity (Wildman–Crippen MR) is 81.3 cm³/mol. The lowest BCUT2D eigenvalue weighted by Crippen LogP contribution is -2.30. The highest BCUT2D eigenvalue weighted by Crippen LogP contribution is 2.21. The van der Waals surface area contributed by atoms with E-state index in [1.54, 1.807) is 0 Å². The quantitative estimate of drug-likeness (QED) is 0.753. The topological polar surface area (TPSA) is 84.2 Å². The van der Waals surface area contributed by atoms with E-state index in [0.29, 0.717) is 18.0 Å². The number of benzene rings is 1. The standard InChI is InChI=1S/C15H22FN3O2/c1-9(2)6-11(8-17)15(21)19-12-4-5-13(16)14(7-12)18-10(3)20/h4-5,7,9,11H,6,8,17H2,1-3H3,(H,18,20)(H,19,21). The Morgan fingerprint density at radius 1 is 1.29 bits per heavy atom. The molecule has 1 aromatic carbocycles. The van der Waals surface area contributed by atoms with E-state index in [1.165, 1.54) is 25.1 Å². The minimum Gasteiger partial charge on any atom is -0.330 e. The molecule has 0 fully saturated rings. The Hall–Kier alpha value is -1.95. The number of nitrogens with one attached hydrogen (secondary N) is 2. The van der Waals surface area contributed by atoms with Crippen LogP contribution in [0.4, 0.5) is 15.8 Å². The minimum atomic E-state index is -0.555. The molecule has 1 aromatic rings. The molecule has 116 valence electrons. The molecule has 0 radical (unpaired) electrons. The molecular formula is C15H22FN3O2. The fraction of sp³-hybridized carbons (Fsp3) is 0.467. The summed E-state index contributed by atoms with van der Waals surface area (Å²) >= 11 is 0. The summed E-state index contributed by atoms with van der Waals surface area (Å²) in [5, 5.41) is 5.07. The molecule has 0 spiro atoms. The van der Waals surface area contributed by atoms with E-state index in [9.17, 15) is 14.0 Å². The summed E-state index contributed by atoms with van der Waals surface area (Å²) in [6.45, 7) is 5.58.